The van der Waals surface area contributed by atoms with Crippen molar-refractivity contribution in [3.05, 3.63) is 65.2 Å². The van der Waals surface area contributed by atoms with Gasteiger partial charge in [0.05, 0.1) is 0 Å². The number of alkyl halides is 3. The van der Waals surface area contributed by atoms with Gasteiger partial charge in [0, 0.05) is 45.5 Å². The second kappa shape index (κ2) is 11.8. The molecule has 2 aromatic rings. The van der Waals surface area contributed by atoms with Crippen LogP contribution in [0.15, 0.2) is 48.5 Å². The summed E-state index contributed by atoms with van der Waals surface area (Å²) >= 11 is 0. The molecule has 0 fully saturated rings. The Morgan fingerprint density at radius 3 is 2.64 bits per heavy atom. The summed E-state index contributed by atoms with van der Waals surface area (Å²) in [6, 6.07) is 12.0. The predicted octanol–water partition coefficient (Wildman–Crippen LogP) is 3.95. The summed E-state index contributed by atoms with van der Waals surface area (Å²) in [6.45, 7) is 2.54. The quantitative estimate of drug-likeness (QED) is 0.219. The maximum Gasteiger partial charge on any atom is 0.534 e. The Hall–Kier alpha value is -3.05. The molecule has 1 heterocycles. The SMILES string of the molecule is CN(C)c1cccc(C=CC(=O)NCCCCN2CCc3ccc(OS(=O)(=O)C(F)(F)F)cc3C2)c1. The van der Waals surface area contributed by atoms with E-state index in [-0.39, 0.29) is 11.7 Å². The largest absolute Gasteiger partial charge is 0.534 e. The van der Waals surface area contributed by atoms with E-state index in [4.69, 9.17) is 0 Å². The number of halogens is 3. The summed E-state index contributed by atoms with van der Waals surface area (Å²) in [5.74, 6) is -0.518. The average Bonchev–Trinajstić information content (AvgIpc) is 2.81. The number of hydrogen-bond donors (Lipinski definition) is 1. The second-order valence-corrected chi connectivity index (χ2v) is 10.3. The van der Waals surface area contributed by atoms with E-state index in [2.05, 4.69) is 14.4 Å². The molecule has 36 heavy (non-hydrogen) atoms. The Morgan fingerprint density at radius 2 is 1.92 bits per heavy atom. The lowest BCUT2D eigenvalue weighted by Gasteiger charge is -2.29. The first-order chi connectivity index (χ1) is 16.9. The van der Waals surface area contributed by atoms with Gasteiger partial charge in [0.15, 0.2) is 0 Å². The van der Waals surface area contributed by atoms with Crippen LogP contribution in [0, 0.1) is 0 Å². The Kier molecular flexibility index (Phi) is 9.02. The molecule has 0 unspecified atom stereocenters. The average molecular weight is 526 g/mol. The van der Waals surface area contributed by atoms with Crippen LogP contribution in [0.1, 0.15) is 29.5 Å². The molecule has 0 radical (unpaired) electrons. The molecule has 0 atom stereocenters. The summed E-state index contributed by atoms with van der Waals surface area (Å²) < 4.78 is 64.5. The van der Waals surface area contributed by atoms with E-state index in [9.17, 15) is 26.4 Å². The number of carbonyl (C=O) groups excluding carboxylic acids is 1. The highest BCUT2D eigenvalue weighted by Gasteiger charge is 2.48. The molecule has 1 aliphatic rings. The second-order valence-electron chi connectivity index (χ2n) is 8.76. The zero-order valence-electron chi connectivity index (χ0n) is 20.2. The van der Waals surface area contributed by atoms with E-state index < -0.39 is 15.6 Å². The van der Waals surface area contributed by atoms with Gasteiger partial charge in [-0.05, 0) is 72.8 Å². The van der Waals surface area contributed by atoms with Crippen LogP contribution >= 0.6 is 0 Å². The first-order valence-electron chi connectivity index (χ1n) is 11.5. The van der Waals surface area contributed by atoms with Crippen LogP contribution in [-0.2, 0) is 27.9 Å². The van der Waals surface area contributed by atoms with Crippen LogP contribution < -0.4 is 14.4 Å². The molecular weight excluding hydrogens is 495 g/mol. The van der Waals surface area contributed by atoms with Crippen molar-refractivity contribution >= 4 is 27.8 Å². The maximum atomic E-state index is 12.6. The van der Waals surface area contributed by atoms with Crippen molar-refractivity contribution in [1.82, 2.24) is 10.2 Å². The Bertz CT molecular complexity index is 1200. The minimum atomic E-state index is -5.70. The topological polar surface area (TPSA) is 79.0 Å². The molecule has 1 amide bonds. The van der Waals surface area contributed by atoms with Gasteiger partial charge >= 0.3 is 15.6 Å². The van der Waals surface area contributed by atoms with Gasteiger partial charge in [0.1, 0.15) is 5.75 Å². The predicted molar refractivity (Wildman–Crippen MR) is 133 cm³/mol. The van der Waals surface area contributed by atoms with Crippen LogP contribution in [0.5, 0.6) is 5.75 Å². The van der Waals surface area contributed by atoms with E-state index in [1.165, 1.54) is 18.2 Å². The van der Waals surface area contributed by atoms with E-state index in [0.717, 1.165) is 48.3 Å². The first kappa shape index (κ1) is 27.5. The van der Waals surface area contributed by atoms with Gasteiger partial charge in [-0.3, -0.25) is 9.69 Å². The number of benzene rings is 2. The number of hydrogen-bond acceptors (Lipinski definition) is 6. The summed E-state index contributed by atoms with van der Waals surface area (Å²) in [5.41, 5.74) is -1.79. The summed E-state index contributed by atoms with van der Waals surface area (Å²) in [7, 11) is -1.79. The Labute approximate surface area is 209 Å². The number of rotatable bonds is 10. The highest BCUT2D eigenvalue weighted by atomic mass is 32.2. The number of fused-ring (bicyclic) bond motifs is 1. The minimum Gasteiger partial charge on any atom is -0.378 e. The number of nitrogens with zero attached hydrogens (tertiary/aromatic N) is 2. The molecule has 1 aliphatic heterocycles. The number of carbonyl (C=O) groups is 1. The minimum absolute atomic E-state index is 0.168. The molecule has 0 bridgehead atoms. The van der Waals surface area contributed by atoms with Crippen molar-refractivity contribution in [1.29, 1.82) is 0 Å². The van der Waals surface area contributed by atoms with Gasteiger partial charge in [-0.2, -0.15) is 21.6 Å². The van der Waals surface area contributed by atoms with E-state index in [0.29, 0.717) is 19.5 Å². The number of anilines is 1. The lowest BCUT2D eigenvalue weighted by atomic mass is 9.99. The first-order valence-corrected chi connectivity index (χ1v) is 12.9. The van der Waals surface area contributed by atoms with Crippen molar-refractivity contribution < 1.29 is 30.6 Å². The molecule has 0 aromatic heterocycles. The fourth-order valence-corrected chi connectivity index (χ4v) is 4.27. The molecule has 0 spiro atoms. The lowest BCUT2D eigenvalue weighted by molar-refractivity contribution is -0.116. The molecule has 3 rings (SSSR count). The zero-order chi connectivity index (χ0) is 26.3. The number of unbranched alkanes of at least 4 members (excludes halogenated alkanes) is 1. The molecule has 0 saturated carbocycles. The third-order valence-electron chi connectivity index (χ3n) is 5.77. The van der Waals surface area contributed by atoms with Crippen LogP contribution in [-0.4, -0.2) is 58.5 Å². The van der Waals surface area contributed by atoms with Crippen molar-refractivity contribution in [2.75, 3.05) is 38.6 Å². The number of nitrogens with one attached hydrogen (secondary N) is 1. The molecule has 11 heteroatoms. The molecule has 196 valence electrons. The molecule has 1 N–H and O–H groups in total. The fraction of sp³-hybridized carbons (Fsp3) is 0.400. The van der Waals surface area contributed by atoms with Crippen molar-refractivity contribution in [3.63, 3.8) is 0 Å². The van der Waals surface area contributed by atoms with Gasteiger partial charge in [0.25, 0.3) is 0 Å². The van der Waals surface area contributed by atoms with Gasteiger partial charge < -0.3 is 14.4 Å². The van der Waals surface area contributed by atoms with Crippen LogP contribution in [0.4, 0.5) is 18.9 Å². The van der Waals surface area contributed by atoms with E-state index in [1.807, 2.05) is 43.3 Å². The molecule has 7 nitrogen and oxygen atoms in total. The van der Waals surface area contributed by atoms with Crippen molar-refractivity contribution in [2.45, 2.75) is 31.3 Å². The van der Waals surface area contributed by atoms with Crippen LogP contribution in [0.2, 0.25) is 0 Å². The van der Waals surface area contributed by atoms with Gasteiger partial charge in [0.2, 0.25) is 5.91 Å². The Morgan fingerprint density at radius 1 is 1.14 bits per heavy atom. The molecule has 0 saturated heterocycles. The van der Waals surface area contributed by atoms with Gasteiger partial charge in [-0.15, -0.1) is 0 Å². The lowest BCUT2D eigenvalue weighted by Crippen LogP contribution is -2.32. The summed E-state index contributed by atoms with van der Waals surface area (Å²) in [6.07, 6.45) is 5.58. The highest BCUT2D eigenvalue weighted by Crippen LogP contribution is 2.29. The number of amides is 1. The van der Waals surface area contributed by atoms with Crippen molar-refractivity contribution in [2.24, 2.45) is 0 Å². The van der Waals surface area contributed by atoms with E-state index in [1.54, 1.807) is 12.1 Å². The summed E-state index contributed by atoms with van der Waals surface area (Å²) in [5, 5.41) is 2.87. The van der Waals surface area contributed by atoms with Gasteiger partial charge in [-0.25, -0.2) is 0 Å². The van der Waals surface area contributed by atoms with Crippen LogP contribution in [0.3, 0.4) is 0 Å². The monoisotopic (exact) mass is 525 g/mol. The highest BCUT2D eigenvalue weighted by molar-refractivity contribution is 7.88. The zero-order valence-corrected chi connectivity index (χ0v) is 21.0. The molecular formula is C25H30F3N3O4S. The third-order valence-corrected chi connectivity index (χ3v) is 6.75. The summed E-state index contributed by atoms with van der Waals surface area (Å²) in [4.78, 5) is 16.2. The smallest absolute Gasteiger partial charge is 0.378 e. The van der Waals surface area contributed by atoms with Crippen molar-refractivity contribution in [3.8, 4) is 5.75 Å². The van der Waals surface area contributed by atoms with Gasteiger partial charge in [-0.1, -0.05) is 18.2 Å². The third kappa shape index (κ3) is 7.72. The van der Waals surface area contributed by atoms with Crippen LogP contribution in [0.25, 0.3) is 6.08 Å². The maximum absolute atomic E-state index is 12.6. The normalized spacial score (nSPS) is 14.5. The Balaban J connectivity index is 1.41. The molecule has 0 aliphatic carbocycles. The fourth-order valence-electron chi connectivity index (χ4n) is 3.82. The van der Waals surface area contributed by atoms with E-state index >= 15 is 0 Å². The molecule has 2 aromatic carbocycles. The standard InChI is InChI=1S/C25H30F3N3O4S/c1-30(2)22-7-5-6-19(16-22)8-11-24(32)29-13-3-4-14-31-15-12-20-9-10-23(17-21(20)18-31)35-36(33,34)25(26,27)28/h5-11,16-17H,3-4,12-15,18H2,1-2H3,(H,29,32).